The number of thioether (sulfide) groups is 1. The molecule has 18 heavy (non-hydrogen) atoms. The summed E-state index contributed by atoms with van der Waals surface area (Å²) in [5, 5.41) is 13.5. The molecule has 5 nitrogen and oxygen atoms in total. The second kappa shape index (κ2) is 3.98. The van der Waals surface area contributed by atoms with Crippen LogP contribution in [0.5, 0.6) is 0 Å². The van der Waals surface area contributed by atoms with Crippen molar-refractivity contribution in [2.24, 2.45) is 11.3 Å². The molecule has 2 fully saturated rings. The number of carbonyl (C=O) groups is 1. The van der Waals surface area contributed by atoms with Crippen LogP contribution in [0, 0.1) is 11.3 Å². The average Bonchev–Trinajstić information content (AvgIpc) is 2.80. The summed E-state index contributed by atoms with van der Waals surface area (Å²) in [7, 11) is 0. The van der Waals surface area contributed by atoms with Gasteiger partial charge in [0.05, 0.1) is 17.1 Å². The Morgan fingerprint density at radius 2 is 2.33 bits per heavy atom. The number of carboxylic acids is 1. The van der Waals surface area contributed by atoms with Gasteiger partial charge in [-0.25, -0.2) is 0 Å². The summed E-state index contributed by atoms with van der Waals surface area (Å²) < 4.78 is 5.28. The molecule has 1 aromatic rings. The van der Waals surface area contributed by atoms with E-state index in [0.29, 0.717) is 11.1 Å². The minimum absolute atomic E-state index is 0.136. The molecule has 3 unspecified atom stereocenters. The lowest BCUT2D eigenvalue weighted by atomic mass is 10.1. The second-order valence-electron chi connectivity index (χ2n) is 5.61. The zero-order valence-corrected chi connectivity index (χ0v) is 11.2. The van der Waals surface area contributed by atoms with Crippen LogP contribution in [0.25, 0.3) is 0 Å². The van der Waals surface area contributed by atoms with E-state index >= 15 is 0 Å². The van der Waals surface area contributed by atoms with Gasteiger partial charge in [-0.2, -0.15) is 16.7 Å². The van der Waals surface area contributed by atoms with Crippen molar-refractivity contribution >= 4 is 17.7 Å². The first-order chi connectivity index (χ1) is 8.51. The first-order valence-electron chi connectivity index (χ1n) is 6.19. The maximum absolute atomic E-state index is 11.1. The fourth-order valence-electron chi connectivity index (χ4n) is 2.85. The maximum atomic E-state index is 11.1. The lowest BCUT2D eigenvalue weighted by Gasteiger charge is -1.99. The summed E-state index contributed by atoms with van der Waals surface area (Å²) in [5.74, 6) is 1.06. The minimum atomic E-state index is -0.778. The number of rotatable bonds is 3. The van der Waals surface area contributed by atoms with E-state index in [1.165, 1.54) is 6.42 Å². The topological polar surface area (TPSA) is 76.2 Å². The van der Waals surface area contributed by atoms with Crippen molar-refractivity contribution in [3.05, 3.63) is 11.7 Å². The molecule has 3 atom stereocenters. The zero-order valence-electron chi connectivity index (χ0n) is 10.4. The van der Waals surface area contributed by atoms with E-state index in [-0.39, 0.29) is 11.3 Å². The van der Waals surface area contributed by atoms with Gasteiger partial charge in [0.2, 0.25) is 5.89 Å². The molecule has 6 heteroatoms. The Labute approximate surface area is 109 Å². The molecule has 0 spiro atoms. The minimum Gasteiger partial charge on any atom is -0.481 e. The van der Waals surface area contributed by atoms with Crippen molar-refractivity contribution in [3.63, 3.8) is 0 Å². The van der Waals surface area contributed by atoms with Crippen LogP contribution in [0.1, 0.15) is 49.6 Å². The normalized spacial score (nSPS) is 33.6. The molecular formula is C12H16N2O3S. The number of hydrogen-bond acceptors (Lipinski definition) is 5. The first-order valence-corrected chi connectivity index (χ1v) is 7.24. The second-order valence-corrected chi connectivity index (χ2v) is 6.92. The van der Waals surface area contributed by atoms with Crippen molar-refractivity contribution in [1.82, 2.24) is 10.1 Å². The number of aromatic nitrogens is 2. The molecular weight excluding hydrogens is 252 g/mol. The van der Waals surface area contributed by atoms with Crippen LogP contribution in [0.15, 0.2) is 4.52 Å². The summed E-state index contributed by atoms with van der Waals surface area (Å²) >= 11 is 1.85. The molecule has 1 aromatic heterocycles. The van der Waals surface area contributed by atoms with Gasteiger partial charge in [0.15, 0.2) is 5.82 Å². The van der Waals surface area contributed by atoms with Crippen LogP contribution in [-0.2, 0) is 4.79 Å². The van der Waals surface area contributed by atoms with Crippen LogP contribution in [0.3, 0.4) is 0 Å². The third kappa shape index (κ3) is 1.74. The van der Waals surface area contributed by atoms with E-state index < -0.39 is 11.9 Å². The molecule has 0 aromatic carbocycles. The van der Waals surface area contributed by atoms with Crippen molar-refractivity contribution < 1.29 is 14.4 Å². The Morgan fingerprint density at radius 3 is 2.89 bits per heavy atom. The van der Waals surface area contributed by atoms with E-state index in [0.717, 1.165) is 18.0 Å². The van der Waals surface area contributed by atoms with Gasteiger partial charge in [-0.1, -0.05) is 19.0 Å². The van der Waals surface area contributed by atoms with E-state index in [1.54, 1.807) is 0 Å². The molecule has 1 saturated heterocycles. The van der Waals surface area contributed by atoms with Crippen LogP contribution < -0.4 is 0 Å². The van der Waals surface area contributed by atoms with Gasteiger partial charge in [-0.3, -0.25) is 4.79 Å². The Balaban J connectivity index is 1.80. The molecule has 1 aliphatic heterocycles. The summed E-state index contributed by atoms with van der Waals surface area (Å²) in [4.78, 5) is 15.6. The molecule has 0 amide bonds. The summed E-state index contributed by atoms with van der Waals surface area (Å²) in [6, 6.07) is 0. The standard InChI is InChI=1S/C12H16N2O3S/c1-12(2)7(8(12)11(15)16)10-13-9(14-17-10)6-4-3-5-18-6/h6-8H,3-5H2,1-2H3,(H,15,16). The highest BCUT2D eigenvalue weighted by molar-refractivity contribution is 7.99. The van der Waals surface area contributed by atoms with E-state index in [9.17, 15) is 4.79 Å². The summed E-state index contributed by atoms with van der Waals surface area (Å²) in [6.07, 6.45) is 2.27. The van der Waals surface area contributed by atoms with Crippen molar-refractivity contribution in [1.29, 1.82) is 0 Å². The van der Waals surface area contributed by atoms with E-state index in [1.807, 2.05) is 25.6 Å². The van der Waals surface area contributed by atoms with Gasteiger partial charge in [-0.15, -0.1) is 0 Å². The summed E-state index contributed by atoms with van der Waals surface area (Å²) in [6.45, 7) is 3.87. The molecule has 2 heterocycles. The average molecular weight is 268 g/mol. The predicted octanol–water partition coefficient (Wildman–Crippen LogP) is 2.46. The van der Waals surface area contributed by atoms with Gasteiger partial charge in [0.25, 0.3) is 0 Å². The summed E-state index contributed by atoms with van der Waals surface area (Å²) in [5.41, 5.74) is -0.279. The molecule has 0 bridgehead atoms. The van der Waals surface area contributed by atoms with Gasteiger partial charge in [0, 0.05) is 0 Å². The van der Waals surface area contributed by atoms with Gasteiger partial charge >= 0.3 is 5.97 Å². The highest BCUT2D eigenvalue weighted by atomic mass is 32.2. The molecule has 1 aliphatic carbocycles. The van der Waals surface area contributed by atoms with Crippen LogP contribution in [-0.4, -0.2) is 27.0 Å². The van der Waals surface area contributed by atoms with Crippen LogP contribution in [0.4, 0.5) is 0 Å². The van der Waals surface area contributed by atoms with Gasteiger partial charge in [-0.05, 0) is 24.0 Å². The number of nitrogens with zero attached hydrogens (tertiary/aromatic N) is 2. The Kier molecular flexibility index (Phi) is 2.66. The fraction of sp³-hybridized carbons (Fsp3) is 0.750. The van der Waals surface area contributed by atoms with Crippen molar-refractivity contribution in [2.75, 3.05) is 5.75 Å². The molecule has 0 radical (unpaired) electrons. The smallest absolute Gasteiger partial charge is 0.307 e. The van der Waals surface area contributed by atoms with Crippen molar-refractivity contribution in [3.8, 4) is 0 Å². The molecule has 1 N–H and O–H groups in total. The largest absolute Gasteiger partial charge is 0.481 e. The SMILES string of the molecule is CC1(C)C(C(=O)O)C1c1nc(C2CCCS2)no1. The predicted molar refractivity (Wildman–Crippen MR) is 66.4 cm³/mol. The van der Waals surface area contributed by atoms with Crippen LogP contribution >= 0.6 is 11.8 Å². The first kappa shape index (κ1) is 12.0. The highest BCUT2D eigenvalue weighted by Crippen LogP contribution is 2.64. The number of aliphatic carboxylic acids is 1. The van der Waals surface area contributed by atoms with E-state index in [2.05, 4.69) is 10.1 Å². The lowest BCUT2D eigenvalue weighted by Crippen LogP contribution is -2.03. The fourth-order valence-corrected chi connectivity index (χ4v) is 4.04. The highest BCUT2D eigenvalue weighted by Gasteiger charge is 2.65. The molecule has 98 valence electrons. The van der Waals surface area contributed by atoms with Gasteiger partial charge in [0.1, 0.15) is 0 Å². The molecule has 3 rings (SSSR count). The lowest BCUT2D eigenvalue weighted by molar-refractivity contribution is -0.139. The van der Waals surface area contributed by atoms with Gasteiger partial charge < -0.3 is 9.63 Å². The maximum Gasteiger partial charge on any atom is 0.307 e. The third-order valence-electron chi connectivity index (χ3n) is 4.03. The monoisotopic (exact) mass is 268 g/mol. The van der Waals surface area contributed by atoms with E-state index in [4.69, 9.17) is 9.63 Å². The van der Waals surface area contributed by atoms with Crippen LogP contribution in [0.2, 0.25) is 0 Å². The molecule has 1 saturated carbocycles. The Bertz CT molecular complexity index is 479. The Hall–Kier alpha value is -1.04. The third-order valence-corrected chi connectivity index (χ3v) is 5.41. The molecule has 2 aliphatic rings. The van der Waals surface area contributed by atoms with Crippen molar-refractivity contribution in [2.45, 2.75) is 37.9 Å². The zero-order chi connectivity index (χ0) is 12.9. The quantitative estimate of drug-likeness (QED) is 0.907. The number of hydrogen-bond donors (Lipinski definition) is 1. The Morgan fingerprint density at radius 1 is 1.56 bits per heavy atom. The number of carboxylic acid groups (broad SMARTS) is 1.